The SMILES string of the molecule is C=CCn1c(-c2ccc(OC)cc2)nn(C[NH+](CC)[C@@H]2CCS(=O)(=O)C2)c1=S. The molecule has 0 bridgehead atoms. The fourth-order valence-electron chi connectivity index (χ4n) is 3.63. The molecule has 0 saturated carbocycles. The smallest absolute Gasteiger partial charge is 0.203 e. The molecule has 1 aromatic heterocycles. The number of benzene rings is 1. The summed E-state index contributed by atoms with van der Waals surface area (Å²) < 4.78 is 33.4. The molecule has 28 heavy (non-hydrogen) atoms. The molecule has 1 aliphatic rings. The number of allylic oxidation sites excluding steroid dienone is 1. The van der Waals surface area contributed by atoms with E-state index < -0.39 is 9.84 Å². The lowest BCUT2D eigenvalue weighted by atomic mass is 10.2. The van der Waals surface area contributed by atoms with E-state index in [1.165, 1.54) is 4.90 Å². The van der Waals surface area contributed by atoms with Crippen LogP contribution in [0.1, 0.15) is 13.3 Å². The number of rotatable bonds is 8. The van der Waals surface area contributed by atoms with Crippen LogP contribution in [0.25, 0.3) is 11.4 Å². The summed E-state index contributed by atoms with van der Waals surface area (Å²) in [5.41, 5.74) is 0.939. The molecule has 1 unspecified atom stereocenters. The van der Waals surface area contributed by atoms with E-state index in [9.17, 15) is 8.42 Å². The van der Waals surface area contributed by atoms with Crippen LogP contribution in [0.3, 0.4) is 0 Å². The van der Waals surface area contributed by atoms with Crippen molar-refractivity contribution in [1.82, 2.24) is 14.3 Å². The fraction of sp³-hybridized carbons (Fsp3) is 0.474. The number of sulfone groups is 1. The third-order valence-electron chi connectivity index (χ3n) is 5.20. The molecule has 1 N–H and O–H groups in total. The maximum atomic E-state index is 11.9. The standard InChI is InChI=1S/C19H26N4O3S2/c1-4-11-22-18(15-6-8-17(26-3)9-7-15)20-23(19(22)27)14-21(5-2)16-10-12-28(24,25)13-16/h4,6-9,16H,1,5,10-14H2,2-3H3/p+1/t16-/m1/s1. The van der Waals surface area contributed by atoms with Crippen LogP contribution in [-0.2, 0) is 23.1 Å². The highest BCUT2D eigenvalue weighted by Gasteiger charge is 2.35. The van der Waals surface area contributed by atoms with Crippen molar-refractivity contribution >= 4 is 22.1 Å². The van der Waals surface area contributed by atoms with E-state index >= 15 is 0 Å². The van der Waals surface area contributed by atoms with Crippen molar-refractivity contribution in [2.24, 2.45) is 0 Å². The van der Waals surface area contributed by atoms with E-state index in [0.717, 1.165) is 23.7 Å². The number of ether oxygens (including phenoxy) is 1. The van der Waals surface area contributed by atoms with Gasteiger partial charge in [0.2, 0.25) is 4.77 Å². The van der Waals surface area contributed by atoms with Crippen LogP contribution in [0.2, 0.25) is 0 Å². The molecule has 0 aliphatic carbocycles. The van der Waals surface area contributed by atoms with Crippen molar-refractivity contribution < 1.29 is 18.1 Å². The Balaban J connectivity index is 1.92. The van der Waals surface area contributed by atoms with Gasteiger partial charge in [-0.15, -0.1) is 11.7 Å². The molecule has 1 aliphatic heterocycles. The maximum Gasteiger partial charge on any atom is 0.203 e. The van der Waals surface area contributed by atoms with E-state index in [1.807, 2.05) is 33.5 Å². The summed E-state index contributed by atoms with van der Waals surface area (Å²) in [5, 5.41) is 4.77. The van der Waals surface area contributed by atoms with Gasteiger partial charge in [-0.1, -0.05) is 6.08 Å². The van der Waals surface area contributed by atoms with Gasteiger partial charge < -0.3 is 9.64 Å². The van der Waals surface area contributed by atoms with Gasteiger partial charge in [-0.2, -0.15) is 4.68 Å². The Morgan fingerprint density at radius 3 is 2.64 bits per heavy atom. The van der Waals surface area contributed by atoms with Gasteiger partial charge in [0, 0.05) is 18.5 Å². The quantitative estimate of drug-likeness (QED) is 0.512. The summed E-state index contributed by atoms with van der Waals surface area (Å²) in [6.45, 7) is 7.81. The minimum atomic E-state index is -2.92. The number of quaternary nitrogens is 1. The highest BCUT2D eigenvalue weighted by Crippen LogP contribution is 2.21. The van der Waals surface area contributed by atoms with Gasteiger partial charge in [0.05, 0.1) is 19.4 Å². The van der Waals surface area contributed by atoms with Crippen LogP contribution in [0.15, 0.2) is 36.9 Å². The van der Waals surface area contributed by atoms with Crippen LogP contribution in [0.5, 0.6) is 5.75 Å². The summed E-state index contributed by atoms with van der Waals surface area (Å²) >= 11 is 5.67. The predicted molar refractivity (Wildman–Crippen MR) is 112 cm³/mol. The number of hydrogen-bond acceptors (Lipinski definition) is 5. The molecule has 9 heteroatoms. The molecule has 1 aromatic carbocycles. The Kier molecular flexibility index (Phi) is 6.36. The van der Waals surface area contributed by atoms with E-state index in [2.05, 4.69) is 13.5 Å². The number of aromatic nitrogens is 3. The zero-order valence-electron chi connectivity index (χ0n) is 16.3. The third-order valence-corrected chi connectivity index (χ3v) is 7.40. The number of nitrogens with zero attached hydrogens (tertiary/aromatic N) is 3. The Bertz CT molecular complexity index is 993. The van der Waals surface area contributed by atoms with Crippen LogP contribution in [0.4, 0.5) is 0 Å². The molecular formula is C19H27N4O3S2+. The molecule has 1 fully saturated rings. The lowest BCUT2D eigenvalue weighted by molar-refractivity contribution is -0.943. The number of hydrogen-bond donors (Lipinski definition) is 1. The topological polar surface area (TPSA) is 70.6 Å². The van der Waals surface area contributed by atoms with Crippen LogP contribution in [-0.4, -0.2) is 54.0 Å². The van der Waals surface area contributed by atoms with E-state index in [0.29, 0.717) is 24.4 Å². The summed E-state index contributed by atoms with van der Waals surface area (Å²) in [6, 6.07) is 7.78. The molecular weight excluding hydrogens is 396 g/mol. The molecule has 3 rings (SSSR count). The Morgan fingerprint density at radius 2 is 2.11 bits per heavy atom. The second kappa shape index (κ2) is 8.59. The molecule has 0 spiro atoms. The Labute approximate surface area is 171 Å². The van der Waals surface area contributed by atoms with Crippen LogP contribution in [0, 0.1) is 4.77 Å². The average Bonchev–Trinajstić information content (AvgIpc) is 3.20. The molecule has 2 atom stereocenters. The molecule has 152 valence electrons. The average molecular weight is 424 g/mol. The minimum absolute atomic E-state index is 0.0888. The van der Waals surface area contributed by atoms with Gasteiger partial charge >= 0.3 is 0 Å². The van der Waals surface area contributed by atoms with Crippen LogP contribution >= 0.6 is 12.2 Å². The number of nitrogens with one attached hydrogen (secondary N) is 1. The molecule has 0 amide bonds. The van der Waals surface area contributed by atoms with Gasteiger partial charge in [0.15, 0.2) is 22.3 Å². The van der Waals surface area contributed by atoms with Gasteiger partial charge in [-0.05, 0) is 43.4 Å². The normalized spacial score (nSPS) is 19.4. The molecule has 0 radical (unpaired) electrons. The maximum absolute atomic E-state index is 11.9. The Hall–Kier alpha value is -1.97. The Morgan fingerprint density at radius 1 is 1.39 bits per heavy atom. The zero-order chi connectivity index (χ0) is 20.3. The molecule has 2 aromatic rings. The van der Waals surface area contributed by atoms with Crippen molar-refractivity contribution in [3.05, 3.63) is 41.7 Å². The lowest BCUT2D eigenvalue weighted by Gasteiger charge is -2.23. The second-order valence-corrected chi connectivity index (χ2v) is 9.60. The largest absolute Gasteiger partial charge is 0.497 e. The summed E-state index contributed by atoms with van der Waals surface area (Å²) in [6.07, 6.45) is 2.49. The van der Waals surface area contributed by atoms with Crippen molar-refractivity contribution in [1.29, 1.82) is 0 Å². The van der Waals surface area contributed by atoms with Crippen LogP contribution < -0.4 is 9.64 Å². The monoisotopic (exact) mass is 423 g/mol. The second-order valence-electron chi connectivity index (χ2n) is 7.00. The first-order valence-corrected chi connectivity index (χ1v) is 11.6. The molecule has 2 heterocycles. The summed E-state index contributed by atoms with van der Waals surface area (Å²) in [7, 11) is -1.29. The lowest BCUT2D eigenvalue weighted by Crippen LogP contribution is -3.15. The first kappa shape index (κ1) is 20.8. The fourth-order valence-corrected chi connectivity index (χ4v) is 5.72. The van der Waals surface area contributed by atoms with Gasteiger partial charge in [0.1, 0.15) is 17.5 Å². The number of methoxy groups -OCH3 is 1. The van der Waals surface area contributed by atoms with Crippen molar-refractivity contribution in [3.8, 4) is 17.1 Å². The first-order chi connectivity index (χ1) is 13.4. The summed E-state index contributed by atoms with van der Waals surface area (Å²) in [5.74, 6) is 2.06. The molecule has 7 nitrogen and oxygen atoms in total. The van der Waals surface area contributed by atoms with E-state index in [4.69, 9.17) is 22.1 Å². The van der Waals surface area contributed by atoms with E-state index in [-0.39, 0.29) is 17.5 Å². The highest BCUT2D eigenvalue weighted by atomic mass is 32.2. The van der Waals surface area contributed by atoms with Gasteiger partial charge in [0.25, 0.3) is 0 Å². The third kappa shape index (κ3) is 4.37. The zero-order valence-corrected chi connectivity index (χ0v) is 17.9. The van der Waals surface area contributed by atoms with E-state index in [1.54, 1.807) is 13.2 Å². The molecule has 1 saturated heterocycles. The minimum Gasteiger partial charge on any atom is -0.497 e. The van der Waals surface area contributed by atoms with Gasteiger partial charge in [-0.25, -0.2) is 8.42 Å². The predicted octanol–water partition coefficient (Wildman–Crippen LogP) is 1.33. The van der Waals surface area contributed by atoms with Crippen molar-refractivity contribution in [2.45, 2.75) is 32.6 Å². The highest BCUT2D eigenvalue weighted by molar-refractivity contribution is 7.91. The van der Waals surface area contributed by atoms with Crippen molar-refractivity contribution in [3.63, 3.8) is 0 Å². The first-order valence-electron chi connectivity index (χ1n) is 9.36. The van der Waals surface area contributed by atoms with Gasteiger partial charge in [-0.3, -0.25) is 4.57 Å². The summed E-state index contributed by atoms with van der Waals surface area (Å²) in [4.78, 5) is 1.18. The van der Waals surface area contributed by atoms with Crippen molar-refractivity contribution in [2.75, 3.05) is 25.2 Å².